The molecule has 1 aromatic rings. The minimum absolute atomic E-state index is 0.0297. The van der Waals surface area contributed by atoms with Crippen LogP contribution in [0.1, 0.15) is 30.1 Å². The molecule has 0 bridgehead atoms. The van der Waals surface area contributed by atoms with E-state index in [2.05, 4.69) is 17.6 Å². The number of urea groups is 1. The fraction of sp³-hybridized carbons (Fsp3) is 0.467. The van der Waals surface area contributed by atoms with Crippen LogP contribution in [0, 0.1) is 5.41 Å². The number of hydrogen-bond donors (Lipinski definition) is 3. The predicted molar refractivity (Wildman–Crippen MR) is 78.6 cm³/mol. The first kappa shape index (κ1) is 15.3. The van der Waals surface area contributed by atoms with Crippen LogP contribution in [-0.4, -0.2) is 36.9 Å². The molecule has 0 aliphatic carbocycles. The van der Waals surface area contributed by atoms with Gasteiger partial charge in [0, 0.05) is 19.8 Å². The van der Waals surface area contributed by atoms with E-state index < -0.39 is 12.0 Å². The summed E-state index contributed by atoms with van der Waals surface area (Å²) in [5, 5.41) is 14.5. The Morgan fingerprint density at radius 3 is 2.62 bits per heavy atom. The van der Waals surface area contributed by atoms with E-state index in [0.717, 1.165) is 12.8 Å². The van der Waals surface area contributed by atoms with E-state index in [9.17, 15) is 9.59 Å². The molecule has 1 saturated heterocycles. The molecule has 0 saturated carbocycles. The van der Waals surface area contributed by atoms with Crippen LogP contribution in [0.25, 0.3) is 0 Å². The Bertz CT molecular complexity index is 524. The summed E-state index contributed by atoms with van der Waals surface area (Å²) >= 11 is 0. The molecule has 3 N–H and O–H groups in total. The molecular weight excluding hydrogens is 272 g/mol. The van der Waals surface area contributed by atoms with Gasteiger partial charge >= 0.3 is 12.0 Å². The topological polar surface area (TPSA) is 87.7 Å². The summed E-state index contributed by atoms with van der Waals surface area (Å²) < 4.78 is 5.32. The highest BCUT2D eigenvalue weighted by molar-refractivity contribution is 5.99. The van der Waals surface area contributed by atoms with Crippen molar-refractivity contribution in [2.45, 2.75) is 19.8 Å². The molecule has 0 unspecified atom stereocenters. The van der Waals surface area contributed by atoms with E-state index >= 15 is 0 Å². The van der Waals surface area contributed by atoms with E-state index in [4.69, 9.17) is 9.84 Å². The van der Waals surface area contributed by atoms with Crippen molar-refractivity contribution >= 4 is 17.7 Å². The van der Waals surface area contributed by atoms with Gasteiger partial charge in [0.25, 0.3) is 0 Å². The molecule has 0 atom stereocenters. The zero-order valence-electron chi connectivity index (χ0n) is 12.0. The van der Waals surface area contributed by atoms with E-state index in [1.807, 2.05) is 0 Å². The molecule has 1 heterocycles. The molecule has 0 aromatic heterocycles. The lowest BCUT2D eigenvalue weighted by Crippen LogP contribution is -2.41. The minimum Gasteiger partial charge on any atom is -0.478 e. The number of hydrogen-bond acceptors (Lipinski definition) is 3. The largest absolute Gasteiger partial charge is 0.478 e. The van der Waals surface area contributed by atoms with Crippen LogP contribution in [0.3, 0.4) is 0 Å². The Morgan fingerprint density at radius 1 is 1.29 bits per heavy atom. The lowest BCUT2D eigenvalue weighted by atomic mass is 9.82. The molecule has 114 valence electrons. The number of carbonyl (C=O) groups excluding carboxylic acids is 1. The number of carboxylic acids is 1. The van der Waals surface area contributed by atoms with Gasteiger partial charge in [-0.1, -0.05) is 19.1 Å². The molecule has 1 fully saturated rings. The average molecular weight is 292 g/mol. The molecular formula is C15H20N2O4. The Morgan fingerprint density at radius 2 is 1.95 bits per heavy atom. The number of anilines is 1. The number of benzene rings is 1. The molecule has 21 heavy (non-hydrogen) atoms. The predicted octanol–water partition coefficient (Wildman–Crippen LogP) is 2.32. The van der Waals surface area contributed by atoms with E-state index in [-0.39, 0.29) is 11.0 Å². The lowest BCUT2D eigenvalue weighted by Gasteiger charge is -2.33. The SMILES string of the molecule is CC1(CNC(=O)Nc2ccccc2C(=O)O)CCOCC1. The Kier molecular flexibility index (Phi) is 4.80. The third-order valence-corrected chi connectivity index (χ3v) is 3.78. The van der Waals surface area contributed by atoms with Crippen LogP contribution in [0.5, 0.6) is 0 Å². The molecule has 0 spiro atoms. The van der Waals surface area contributed by atoms with Crippen molar-refractivity contribution in [2.24, 2.45) is 5.41 Å². The third-order valence-electron chi connectivity index (χ3n) is 3.78. The quantitative estimate of drug-likeness (QED) is 0.794. The highest BCUT2D eigenvalue weighted by atomic mass is 16.5. The first-order chi connectivity index (χ1) is 10.0. The Labute approximate surface area is 123 Å². The fourth-order valence-electron chi connectivity index (χ4n) is 2.28. The summed E-state index contributed by atoms with van der Waals surface area (Å²) in [6.07, 6.45) is 1.80. The number of carboxylic acid groups (broad SMARTS) is 1. The van der Waals surface area contributed by atoms with Crippen LogP contribution >= 0.6 is 0 Å². The summed E-state index contributed by atoms with van der Waals surface area (Å²) in [6, 6.07) is 5.94. The number of aromatic carboxylic acids is 1. The molecule has 2 amide bonds. The maximum absolute atomic E-state index is 11.9. The summed E-state index contributed by atoms with van der Waals surface area (Å²) in [5.41, 5.74) is 0.395. The van der Waals surface area contributed by atoms with Gasteiger partial charge in [-0.3, -0.25) is 0 Å². The number of amides is 2. The summed E-state index contributed by atoms with van der Waals surface area (Å²) in [6.45, 7) is 4.07. The summed E-state index contributed by atoms with van der Waals surface area (Å²) in [4.78, 5) is 23.0. The first-order valence-electron chi connectivity index (χ1n) is 6.95. The van der Waals surface area contributed by atoms with Gasteiger partial charge in [-0.2, -0.15) is 0 Å². The lowest BCUT2D eigenvalue weighted by molar-refractivity contribution is 0.0254. The second-order valence-corrected chi connectivity index (χ2v) is 5.58. The van der Waals surface area contributed by atoms with E-state index in [1.165, 1.54) is 6.07 Å². The van der Waals surface area contributed by atoms with Gasteiger partial charge in [0.15, 0.2) is 0 Å². The van der Waals surface area contributed by atoms with Crippen molar-refractivity contribution in [3.05, 3.63) is 29.8 Å². The standard InChI is InChI=1S/C15H20N2O4/c1-15(6-8-21-9-7-15)10-16-14(20)17-12-5-3-2-4-11(12)13(18)19/h2-5H,6-10H2,1H3,(H,18,19)(H2,16,17,20). The molecule has 1 aliphatic rings. The Hall–Kier alpha value is -2.08. The second kappa shape index (κ2) is 6.58. The van der Waals surface area contributed by atoms with E-state index in [0.29, 0.717) is 25.4 Å². The molecule has 2 rings (SSSR count). The second-order valence-electron chi connectivity index (χ2n) is 5.58. The van der Waals surface area contributed by atoms with E-state index in [1.54, 1.807) is 18.2 Å². The zero-order chi connectivity index (χ0) is 15.3. The highest BCUT2D eigenvalue weighted by Crippen LogP contribution is 2.28. The smallest absolute Gasteiger partial charge is 0.337 e. The van der Waals surface area contributed by atoms with Gasteiger partial charge in [0.2, 0.25) is 0 Å². The number of para-hydroxylation sites is 1. The molecule has 6 heteroatoms. The van der Waals surface area contributed by atoms with Gasteiger partial charge in [-0.25, -0.2) is 9.59 Å². The van der Waals surface area contributed by atoms with Gasteiger partial charge in [0.05, 0.1) is 11.3 Å². The van der Waals surface area contributed by atoms with Gasteiger partial charge in [0.1, 0.15) is 0 Å². The molecule has 0 radical (unpaired) electrons. The number of nitrogens with one attached hydrogen (secondary N) is 2. The van der Waals surface area contributed by atoms with Crippen LogP contribution in [0.15, 0.2) is 24.3 Å². The average Bonchev–Trinajstić information content (AvgIpc) is 2.46. The van der Waals surface area contributed by atoms with Crippen molar-refractivity contribution in [3.8, 4) is 0 Å². The maximum Gasteiger partial charge on any atom is 0.337 e. The van der Waals surface area contributed by atoms with Crippen LogP contribution in [-0.2, 0) is 4.74 Å². The van der Waals surface area contributed by atoms with Gasteiger partial charge in [-0.15, -0.1) is 0 Å². The van der Waals surface area contributed by atoms with Crippen molar-refractivity contribution in [2.75, 3.05) is 25.1 Å². The van der Waals surface area contributed by atoms with Gasteiger partial charge < -0.3 is 20.5 Å². The van der Waals surface area contributed by atoms with Crippen LogP contribution in [0.2, 0.25) is 0 Å². The number of carbonyl (C=O) groups is 2. The van der Waals surface area contributed by atoms with Crippen molar-refractivity contribution in [1.82, 2.24) is 5.32 Å². The Balaban J connectivity index is 1.91. The number of ether oxygens (including phenoxy) is 1. The van der Waals surface area contributed by atoms with Crippen molar-refractivity contribution < 1.29 is 19.4 Å². The maximum atomic E-state index is 11.9. The summed E-state index contributed by atoms with van der Waals surface area (Å²) in [7, 11) is 0. The fourth-order valence-corrected chi connectivity index (χ4v) is 2.28. The summed E-state index contributed by atoms with van der Waals surface area (Å²) in [5.74, 6) is -1.07. The van der Waals surface area contributed by atoms with Crippen molar-refractivity contribution in [3.63, 3.8) is 0 Å². The van der Waals surface area contributed by atoms with Crippen molar-refractivity contribution in [1.29, 1.82) is 0 Å². The molecule has 1 aliphatic heterocycles. The van der Waals surface area contributed by atoms with Crippen LogP contribution in [0.4, 0.5) is 10.5 Å². The normalized spacial score (nSPS) is 17.0. The third kappa shape index (κ3) is 4.19. The minimum atomic E-state index is -1.07. The molecule has 6 nitrogen and oxygen atoms in total. The highest BCUT2D eigenvalue weighted by Gasteiger charge is 2.27. The zero-order valence-corrected chi connectivity index (χ0v) is 12.0. The monoisotopic (exact) mass is 292 g/mol. The number of rotatable bonds is 4. The first-order valence-corrected chi connectivity index (χ1v) is 6.95. The molecule has 1 aromatic carbocycles. The van der Waals surface area contributed by atoms with Crippen LogP contribution < -0.4 is 10.6 Å². The van der Waals surface area contributed by atoms with Gasteiger partial charge in [-0.05, 0) is 30.4 Å².